The monoisotopic (exact) mass is 330 g/mol. The molecule has 2 aromatic rings. The Hall–Kier alpha value is -1.61. The molecule has 2 aromatic heterocycles. The molecule has 0 saturated carbocycles. The zero-order chi connectivity index (χ0) is 15.2. The predicted octanol–water partition coefficient (Wildman–Crippen LogP) is 3.45. The van der Waals surface area contributed by atoms with Crippen LogP contribution >= 0.6 is 23.1 Å². The number of hydrogen-bond acceptors (Lipinski definition) is 6. The SMILES string of the molecule is CCCc1nnc(NC(=O)c2cccnc2SC(F)F)s1. The number of pyridine rings is 1. The van der Waals surface area contributed by atoms with E-state index in [-0.39, 0.29) is 22.4 Å². The van der Waals surface area contributed by atoms with Crippen LogP contribution in [0.5, 0.6) is 0 Å². The highest BCUT2D eigenvalue weighted by Gasteiger charge is 2.18. The van der Waals surface area contributed by atoms with Crippen LogP contribution < -0.4 is 5.32 Å². The molecule has 0 aromatic carbocycles. The van der Waals surface area contributed by atoms with Gasteiger partial charge >= 0.3 is 0 Å². The molecule has 1 amide bonds. The normalized spacial score (nSPS) is 10.9. The first-order valence-corrected chi connectivity index (χ1v) is 7.83. The van der Waals surface area contributed by atoms with Gasteiger partial charge in [-0.1, -0.05) is 18.3 Å². The summed E-state index contributed by atoms with van der Waals surface area (Å²) in [7, 11) is 0. The van der Waals surface area contributed by atoms with Crippen LogP contribution in [0, 0.1) is 0 Å². The zero-order valence-electron chi connectivity index (χ0n) is 11.0. The molecule has 0 fully saturated rings. The first-order valence-electron chi connectivity index (χ1n) is 6.13. The van der Waals surface area contributed by atoms with Crippen LogP contribution in [-0.4, -0.2) is 26.8 Å². The molecule has 1 N–H and O–H groups in total. The Kier molecular flexibility index (Phi) is 5.57. The number of nitrogens with zero attached hydrogens (tertiary/aromatic N) is 3. The lowest BCUT2D eigenvalue weighted by Gasteiger charge is -2.06. The number of alkyl halides is 2. The van der Waals surface area contributed by atoms with E-state index in [0.29, 0.717) is 5.13 Å². The van der Waals surface area contributed by atoms with Crippen molar-refractivity contribution >= 4 is 34.1 Å². The van der Waals surface area contributed by atoms with E-state index in [4.69, 9.17) is 0 Å². The Morgan fingerprint density at radius 1 is 1.48 bits per heavy atom. The van der Waals surface area contributed by atoms with Gasteiger partial charge in [-0.05, 0) is 30.3 Å². The molecule has 9 heteroatoms. The molecule has 2 heterocycles. The molecule has 0 radical (unpaired) electrons. The Balaban J connectivity index is 2.12. The molecule has 0 aliphatic heterocycles. The van der Waals surface area contributed by atoms with E-state index in [1.165, 1.54) is 29.7 Å². The number of amides is 1. The first kappa shape index (κ1) is 15.8. The molecule has 0 spiro atoms. The van der Waals surface area contributed by atoms with Gasteiger partial charge in [-0.2, -0.15) is 8.78 Å². The van der Waals surface area contributed by atoms with Crippen molar-refractivity contribution < 1.29 is 13.6 Å². The Bertz CT molecular complexity index is 621. The smallest absolute Gasteiger partial charge is 0.290 e. The van der Waals surface area contributed by atoms with Gasteiger partial charge in [0.2, 0.25) is 5.13 Å². The average molecular weight is 330 g/mol. The lowest BCUT2D eigenvalue weighted by atomic mass is 10.3. The van der Waals surface area contributed by atoms with Crippen molar-refractivity contribution in [2.75, 3.05) is 5.32 Å². The summed E-state index contributed by atoms with van der Waals surface area (Å²) in [6, 6.07) is 2.97. The van der Waals surface area contributed by atoms with E-state index < -0.39 is 11.7 Å². The fourth-order valence-corrected chi connectivity index (χ4v) is 2.94. The van der Waals surface area contributed by atoms with Crippen LogP contribution in [0.3, 0.4) is 0 Å². The van der Waals surface area contributed by atoms with Crippen molar-refractivity contribution in [3.05, 3.63) is 28.9 Å². The van der Waals surface area contributed by atoms with E-state index in [2.05, 4.69) is 20.5 Å². The second-order valence-corrected chi connectivity index (χ2v) is 5.98. The van der Waals surface area contributed by atoms with Gasteiger partial charge in [0.1, 0.15) is 10.0 Å². The van der Waals surface area contributed by atoms with Crippen LogP contribution in [0.25, 0.3) is 0 Å². The zero-order valence-corrected chi connectivity index (χ0v) is 12.7. The third-order valence-corrected chi connectivity index (χ3v) is 3.99. The van der Waals surface area contributed by atoms with Crippen molar-refractivity contribution in [1.29, 1.82) is 0 Å². The summed E-state index contributed by atoms with van der Waals surface area (Å²) in [5.74, 6) is -3.16. The fraction of sp³-hybridized carbons (Fsp3) is 0.333. The highest BCUT2D eigenvalue weighted by Crippen LogP contribution is 2.27. The maximum Gasteiger partial charge on any atom is 0.290 e. The van der Waals surface area contributed by atoms with Gasteiger partial charge in [-0.15, -0.1) is 10.2 Å². The molecular formula is C12H12F2N4OS2. The summed E-state index contributed by atoms with van der Waals surface area (Å²) < 4.78 is 24.9. The summed E-state index contributed by atoms with van der Waals surface area (Å²) in [5.41, 5.74) is 0.0926. The Morgan fingerprint density at radius 3 is 3.00 bits per heavy atom. The number of aromatic nitrogens is 3. The highest BCUT2D eigenvalue weighted by molar-refractivity contribution is 7.99. The number of carbonyl (C=O) groups excluding carboxylic acids is 1. The summed E-state index contributed by atoms with van der Waals surface area (Å²) >= 11 is 1.51. The summed E-state index contributed by atoms with van der Waals surface area (Å²) in [6.07, 6.45) is 3.08. The molecule has 2 rings (SSSR count). The average Bonchev–Trinajstić information content (AvgIpc) is 2.86. The standard InChI is InChI=1S/C12H12F2N4OS2/c1-2-4-8-17-18-12(20-8)16-9(19)7-5-3-6-15-10(7)21-11(13)14/h3,5-6,11H,2,4H2,1H3,(H,16,18,19). The second kappa shape index (κ2) is 7.41. The number of thioether (sulfide) groups is 1. The maximum absolute atomic E-state index is 12.4. The molecule has 0 aliphatic rings. The van der Waals surface area contributed by atoms with Gasteiger partial charge in [0, 0.05) is 12.6 Å². The maximum atomic E-state index is 12.4. The topological polar surface area (TPSA) is 67.8 Å². The van der Waals surface area contributed by atoms with Crippen LogP contribution in [0.4, 0.5) is 13.9 Å². The third kappa shape index (κ3) is 4.43. The number of carbonyl (C=O) groups is 1. The van der Waals surface area contributed by atoms with E-state index in [1.807, 2.05) is 6.92 Å². The quantitative estimate of drug-likeness (QED) is 0.822. The Labute approximate surface area is 128 Å². The predicted molar refractivity (Wildman–Crippen MR) is 78.0 cm³/mol. The number of hydrogen-bond donors (Lipinski definition) is 1. The van der Waals surface area contributed by atoms with Gasteiger partial charge in [0.05, 0.1) is 5.56 Å². The van der Waals surface area contributed by atoms with Gasteiger partial charge < -0.3 is 0 Å². The van der Waals surface area contributed by atoms with Crippen molar-refractivity contribution in [3.8, 4) is 0 Å². The number of anilines is 1. The molecule has 0 saturated heterocycles. The molecule has 0 aliphatic carbocycles. The van der Waals surface area contributed by atoms with Crippen molar-refractivity contribution in [2.45, 2.75) is 30.5 Å². The van der Waals surface area contributed by atoms with Crippen molar-refractivity contribution in [3.63, 3.8) is 0 Å². The second-order valence-electron chi connectivity index (χ2n) is 3.94. The number of aryl methyl sites for hydroxylation is 1. The van der Waals surface area contributed by atoms with Crippen molar-refractivity contribution in [1.82, 2.24) is 15.2 Å². The molecule has 21 heavy (non-hydrogen) atoms. The summed E-state index contributed by atoms with van der Waals surface area (Å²) in [6.45, 7) is 2.02. The van der Waals surface area contributed by atoms with Crippen LogP contribution in [0.15, 0.2) is 23.4 Å². The van der Waals surface area contributed by atoms with Crippen LogP contribution in [0.1, 0.15) is 28.7 Å². The van der Waals surface area contributed by atoms with Crippen LogP contribution in [0.2, 0.25) is 0 Å². The van der Waals surface area contributed by atoms with Gasteiger partial charge in [0.15, 0.2) is 0 Å². The van der Waals surface area contributed by atoms with Crippen molar-refractivity contribution in [2.24, 2.45) is 0 Å². The van der Waals surface area contributed by atoms with Crippen LogP contribution in [-0.2, 0) is 6.42 Å². The van der Waals surface area contributed by atoms with Gasteiger partial charge in [-0.25, -0.2) is 4.98 Å². The number of halogens is 2. The molecule has 112 valence electrons. The largest absolute Gasteiger partial charge is 0.296 e. The molecule has 0 bridgehead atoms. The Morgan fingerprint density at radius 2 is 2.29 bits per heavy atom. The minimum Gasteiger partial charge on any atom is -0.296 e. The lowest BCUT2D eigenvalue weighted by molar-refractivity contribution is 0.102. The highest BCUT2D eigenvalue weighted by atomic mass is 32.2. The summed E-state index contributed by atoms with van der Waals surface area (Å²) in [4.78, 5) is 15.9. The number of nitrogens with one attached hydrogen (secondary N) is 1. The minimum absolute atomic E-state index is 0.0108. The van der Waals surface area contributed by atoms with E-state index >= 15 is 0 Å². The summed E-state index contributed by atoms with van der Waals surface area (Å²) in [5, 5.41) is 11.5. The van der Waals surface area contributed by atoms with Gasteiger partial charge in [0.25, 0.3) is 11.7 Å². The fourth-order valence-electron chi connectivity index (χ4n) is 1.53. The minimum atomic E-state index is -2.64. The van der Waals surface area contributed by atoms with E-state index in [0.717, 1.165) is 17.8 Å². The first-order chi connectivity index (χ1) is 10.1. The lowest BCUT2D eigenvalue weighted by Crippen LogP contribution is -2.13. The number of rotatable bonds is 6. The molecular weight excluding hydrogens is 318 g/mol. The third-order valence-electron chi connectivity index (χ3n) is 2.37. The molecule has 0 unspecified atom stereocenters. The van der Waals surface area contributed by atoms with E-state index in [1.54, 1.807) is 0 Å². The van der Waals surface area contributed by atoms with E-state index in [9.17, 15) is 13.6 Å². The molecule has 0 atom stereocenters. The van der Waals surface area contributed by atoms with Gasteiger partial charge in [-0.3, -0.25) is 10.1 Å². The molecule has 5 nitrogen and oxygen atoms in total.